The van der Waals surface area contributed by atoms with Gasteiger partial charge in [0.05, 0.1) is 20.3 Å². The Morgan fingerprint density at radius 3 is 2.62 bits per heavy atom. The highest BCUT2D eigenvalue weighted by Crippen LogP contribution is 2.28. The summed E-state index contributed by atoms with van der Waals surface area (Å²) >= 11 is 0. The first-order valence-corrected chi connectivity index (χ1v) is 9.50. The minimum atomic E-state index is 0.571. The second-order valence-electron chi connectivity index (χ2n) is 6.36. The molecule has 0 spiro atoms. The lowest BCUT2D eigenvalue weighted by Gasteiger charge is -2.13. The fourth-order valence-corrected chi connectivity index (χ4v) is 2.30. The summed E-state index contributed by atoms with van der Waals surface area (Å²) in [4.78, 5) is 4.64. The smallest absolute Gasteiger partial charge is 0.191 e. The van der Waals surface area contributed by atoms with Gasteiger partial charge in [-0.2, -0.15) is 0 Å². The van der Waals surface area contributed by atoms with E-state index in [0.29, 0.717) is 19.1 Å². The van der Waals surface area contributed by atoms with Crippen molar-refractivity contribution >= 4 is 5.96 Å². The number of nitrogens with one attached hydrogen (secondary N) is 2. The molecule has 0 aliphatic heterocycles. The molecule has 0 bridgehead atoms. The van der Waals surface area contributed by atoms with Gasteiger partial charge in [-0.3, -0.25) is 0 Å². The van der Waals surface area contributed by atoms with Crippen molar-refractivity contribution in [3.8, 4) is 11.5 Å². The van der Waals surface area contributed by atoms with Crippen molar-refractivity contribution in [3.63, 3.8) is 0 Å². The van der Waals surface area contributed by atoms with Gasteiger partial charge in [0.1, 0.15) is 0 Å². The number of methoxy groups -OCH3 is 1. The van der Waals surface area contributed by atoms with Crippen LogP contribution in [-0.4, -0.2) is 46.0 Å². The fourth-order valence-electron chi connectivity index (χ4n) is 2.30. The Hall–Kier alpha value is -1.95. The van der Waals surface area contributed by atoms with Crippen molar-refractivity contribution < 1.29 is 14.2 Å². The monoisotopic (exact) mass is 365 g/mol. The van der Waals surface area contributed by atoms with Crippen molar-refractivity contribution in [1.82, 2.24) is 10.6 Å². The molecule has 0 aliphatic carbocycles. The van der Waals surface area contributed by atoms with Gasteiger partial charge in [-0.25, -0.2) is 4.99 Å². The van der Waals surface area contributed by atoms with Gasteiger partial charge in [0, 0.05) is 26.3 Å². The predicted octanol–water partition coefficient (Wildman–Crippen LogP) is 3.21. The zero-order valence-electron chi connectivity index (χ0n) is 16.9. The normalized spacial score (nSPS) is 11.5. The topological polar surface area (TPSA) is 64.1 Å². The Morgan fingerprint density at radius 2 is 1.96 bits per heavy atom. The molecule has 26 heavy (non-hydrogen) atoms. The van der Waals surface area contributed by atoms with Gasteiger partial charge in [-0.05, 0) is 43.9 Å². The van der Waals surface area contributed by atoms with E-state index < -0.39 is 0 Å². The van der Waals surface area contributed by atoms with E-state index in [1.54, 1.807) is 7.11 Å². The van der Waals surface area contributed by atoms with Crippen LogP contribution in [0.2, 0.25) is 0 Å². The van der Waals surface area contributed by atoms with Crippen LogP contribution >= 0.6 is 0 Å². The lowest BCUT2D eigenvalue weighted by atomic mass is 10.2. The zero-order chi connectivity index (χ0) is 19.2. The van der Waals surface area contributed by atoms with Gasteiger partial charge in [-0.15, -0.1) is 0 Å². The zero-order valence-corrected chi connectivity index (χ0v) is 16.9. The summed E-state index contributed by atoms with van der Waals surface area (Å²) in [5, 5.41) is 6.61. The lowest BCUT2D eigenvalue weighted by molar-refractivity contribution is 0.108. The van der Waals surface area contributed by atoms with Gasteiger partial charge in [0.25, 0.3) is 0 Å². The maximum absolute atomic E-state index is 5.60. The van der Waals surface area contributed by atoms with Crippen molar-refractivity contribution in [1.29, 1.82) is 0 Å². The predicted molar refractivity (Wildman–Crippen MR) is 107 cm³/mol. The van der Waals surface area contributed by atoms with Gasteiger partial charge >= 0.3 is 0 Å². The van der Waals surface area contributed by atoms with Gasteiger partial charge < -0.3 is 24.8 Å². The second-order valence-corrected chi connectivity index (χ2v) is 6.36. The quantitative estimate of drug-likeness (QED) is 0.338. The molecule has 0 fully saturated rings. The fraction of sp³-hybridized carbons (Fsp3) is 0.650. The molecule has 0 heterocycles. The summed E-state index contributed by atoms with van der Waals surface area (Å²) in [6.07, 6.45) is 0.952. The number of rotatable bonds is 12. The van der Waals surface area contributed by atoms with Crippen LogP contribution in [0.1, 0.15) is 39.7 Å². The van der Waals surface area contributed by atoms with Crippen molar-refractivity contribution in [2.75, 3.05) is 40.0 Å². The summed E-state index contributed by atoms with van der Waals surface area (Å²) in [5.41, 5.74) is 1.07. The molecule has 1 rings (SSSR count). The molecule has 0 saturated carbocycles. The average Bonchev–Trinajstić information content (AvgIpc) is 2.63. The number of nitrogens with zero attached hydrogens (tertiary/aromatic N) is 1. The number of aliphatic imine (C=N–C) groups is 1. The molecule has 0 saturated heterocycles. The Labute approximate surface area is 158 Å². The third kappa shape index (κ3) is 8.94. The number of benzene rings is 1. The second kappa shape index (κ2) is 13.3. The van der Waals surface area contributed by atoms with Crippen molar-refractivity contribution in [3.05, 3.63) is 23.8 Å². The Kier molecular flexibility index (Phi) is 11.3. The van der Waals surface area contributed by atoms with Gasteiger partial charge in [-0.1, -0.05) is 19.9 Å². The minimum Gasteiger partial charge on any atom is -0.493 e. The maximum atomic E-state index is 5.60. The highest BCUT2D eigenvalue weighted by Gasteiger charge is 2.05. The van der Waals surface area contributed by atoms with E-state index >= 15 is 0 Å². The van der Waals surface area contributed by atoms with Crippen LogP contribution in [-0.2, 0) is 11.3 Å². The first kappa shape index (κ1) is 22.1. The molecule has 1 aromatic carbocycles. The molecule has 6 nitrogen and oxygen atoms in total. The molecule has 0 radical (unpaired) electrons. The van der Waals surface area contributed by atoms with E-state index in [4.69, 9.17) is 14.2 Å². The largest absolute Gasteiger partial charge is 0.493 e. The van der Waals surface area contributed by atoms with Crippen LogP contribution in [0.15, 0.2) is 23.2 Å². The maximum Gasteiger partial charge on any atom is 0.191 e. The van der Waals surface area contributed by atoms with Crippen LogP contribution < -0.4 is 20.1 Å². The van der Waals surface area contributed by atoms with E-state index in [9.17, 15) is 0 Å². The van der Waals surface area contributed by atoms with Gasteiger partial charge in [0.2, 0.25) is 0 Å². The Bertz CT molecular complexity index is 533. The third-order valence-electron chi connectivity index (χ3n) is 3.50. The summed E-state index contributed by atoms with van der Waals surface area (Å²) in [5.74, 6) is 2.88. The standard InChI is InChI=1S/C20H35N3O3/c1-6-21-20(22-11-8-12-25-15-16(3)4)23-14-17-9-10-18(26-7-2)19(13-17)24-5/h9-10,13,16H,6-8,11-12,14-15H2,1-5H3,(H2,21,22,23). The van der Waals surface area contributed by atoms with E-state index in [-0.39, 0.29) is 0 Å². The lowest BCUT2D eigenvalue weighted by Crippen LogP contribution is -2.38. The molecule has 148 valence electrons. The van der Waals surface area contributed by atoms with Crippen molar-refractivity contribution in [2.45, 2.75) is 40.7 Å². The number of guanidine groups is 1. The SMILES string of the molecule is CCNC(=NCc1ccc(OCC)c(OC)c1)NCCCOCC(C)C. The highest BCUT2D eigenvalue weighted by molar-refractivity contribution is 5.79. The number of hydrogen-bond acceptors (Lipinski definition) is 4. The minimum absolute atomic E-state index is 0.571. The summed E-state index contributed by atoms with van der Waals surface area (Å²) in [7, 11) is 1.65. The van der Waals surface area contributed by atoms with E-state index in [2.05, 4.69) is 36.4 Å². The Balaban J connectivity index is 2.52. The first-order valence-electron chi connectivity index (χ1n) is 9.50. The first-order chi connectivity index (χ1) is 12.6. The molecule has 1 aromatic rings. The van der Waals surface area contributed by atoms with E-state index in [0.717, 1.165) is 55.7 Å². The summed E-state index contributed by atoms with van der Waals surface area (Å²) in [6.45, 7) is 12.7. The van der Waals surface area contributed by atoms with E-state index in [1.165, 1.54) is 0 Å². The third-order valence-corrected chi connectivity index (χ3v) is 3.50. The molecular formula is C20H35N3O3. The van der Waals surface area contributed by atoms with Crippen LogP contribution in [0.25, 0.3) is 0 Å². The molecule has 2 N–H and O–H groups in total. The molecule has 0 aromatic heterocycles. The molecular weight excluding hydrogens is 330 g/mol. The van der Waals surface area contributed by atoms with Crippen molar-refractivity contribution in [2.24, 2.45) is 10.9 Å². The summed E-state index contributed by atoms with van der Waals surface area (Å²) in [6, 6.07) is 5.91. The van der Waals surface area contributed by atoms with Crippen LogP contribution in [0.4, 0.5) is 0 Å². The number of hydrogen-bond donors (Lipinski definition) is 2. The van der Waals surface area contributed by atoms with Crippen LogP contribution in [0.3, 0.4) is 0 Å². The van der Waals surface area contributed by atoms with Crippen LogP contribution in [0.5, 0.6) is 11.5 Å². The Morgan fingerprint density at radius 1 is 1.15 bits per heavy atom. The molecule has 0 aliphatic rings. The molecule has 0 atom stereocenters. The van der Waals surface area contributed by atoms with Gasteiger partial charge in [0.15, 0.2) is 17.5 Å². The van der Waals surface area contributed by atoms with Crippen LogP contribution in [0, 0.1) is 5.92 Å². The molecule has 0 unspecified atom stereocenters. The number of ether oxygens (including phenoxy) is 3. The average molecular weight is 366 g/mol. The van der Waals surface area contributed by atoms with E-state index in [1.807, 2.05) is 25.1 Å². The molecule has 0 amide bonds. The molecule has 6 heteroatoms. The summed E-state index contributed by atoms with van der Waals surface area (Å²) < 4.78 is 16.5. The highest BCUT2D eigenvalue weighted by atomic mass is 16.5.